The van der Waals surface area contributed by atoms with Gasteiger partial charge in [-0.3, -0.25) is 19.8 Å². The molecule has 1 aliphatic rings. The smallest absolute Gasteiger partial charge is 0.341 e. The highest BCUT2D eigenvalue weighted by molar-refractivity contribution is 7.80. The van der Waals surface area contributed by atoms with Crippen LogP contribution in [0.3, 0.4) is 0 Å². The number of carbonyl (C=O) groups is 3. The van der Waals surface area contributed by atoms with Gasteiger partial charge in [-0.1, -0.05) is 23.8 Å². The van der Waals surface area contributed by atoms with Crippen LogP contribution < -0.4 is 19.7 Å². The van der Waals surface area contributed by atoms with E-state index in [1.54, 1.807) is 18.2 Å². The number of carboxylic acid groups (broad SMARTS) is 1. The van der Waals surface area contributed by atoms with Crippen LogP contribution in [-0.2, 0) is 14.4 Å². The fourth-order valence-electron chi connectivity index (χ4n) is 2.79. The molecule has 2 aromatic carbocycles. The lowest BCUT2D eigenvalue weighted by Gasteiger charge is -2.29. The van der Waals surface area contributed by atoms with E-state index in [0.29, 0.717) is 11.3 Å². The quantitative estimate of drug-likeness (QED) is 0.415. The summed E-state index contributed by atoms with van der Waals surface area (Å²) in [6.07, 6.45) is 1.41. The van der Waals surface area contributed by atoms with Crippen molar-refractivity contribution in [3.8, 4) is 11.5 Å². The molecule has 0 atom stereocenters. The fourth-order valence-corrected chi connectivity index (χ4v) is 3.07. The second kappa shape index (κ2) is 8.75. The SMILES string of the molecule is COc1cc(C=C2C(=O)NC(=S)N(c3ccc(C)cc3)C2=O)ccc1OCC(=O)O. The first-order valence-corrected chi connectivity index (χ1v) is 9.21. The molecule has 2 amide bonds. The highest BCUT2D eigenvalue weighted by Gasteiger charge is 2.34. The molecule has 0 radical (unpaired) electrons. The van der Waals surface area contributed by atoms with Gasteiger partial charge in [0.2, 0.25) is 0 Å². The number of ether oxygens (including phenoxy) is 2. The topological polar surface area (TPSA) is 105 Å². The van der Waals surface area contributed by atoms with Crippen LogP contribution in [0.2, 0.25) is 0 Å². The predicted molar refractivity (Wildman–Crippen MR) is 114 cm³/mol. The van der Waals surface area contributed by atoms with Crippen molar-refractivity contribution in [2.75, 3.05) is 18.6 Å². The number of carboxylic acids is 1. The summed E-state index contributed by atoms with van der Waals surface area (Å²) in [6.45, 7) is 1.39. The Morgan fingerprint density at radius 3 is 2.50 bits per heavy atom. The molecule has 3 rings (SSSR count). The van der Waals surface area contributed by atoms with Crippen LogP contribution in [0.25, 0.3) is 6.08 Å². The molecule has 9 heteroatoms. The highest BCUT2D eigenvalue weighted by Crippen LogP contribution is 2.30. The van der Waals surface area contributed by atoms with Crippen molar-refractivity contribution in [3.63, 3.8) is 0 Å². The van der Waals surface area contributed by atoms with E-state index in [2.05, 4.69) is 5.32 Å². The lowest BCUT2D eigenvalue weighted by atomic mass is 10.1. The van der Waals surface area contributed by atoms with Crippen molar-refractivity contribution < 1.29 is 29.0 Å². The van der Waals surface area contributed by atoms with Crippen LogP contribution in [0.1, 0.15) is 11.1 Å². The molecule has 0 unspecified atom stereocenters. The standard InChI is InChI=1S/C21H18N2O6S/c1-12-3-6-14(7-4-12)23-20(27)15(19(26)22-21(23)30)9-13-5-8-16(17(10-13)28-2)29-11-18(24)25/h3-10H,11H2,1-2H3,(H,24,25)(H,22,26,30). The second-order valence-electron chi connectivity index (χ2n) is 6.39. The van der Waals surface area contributed by atoms with E-state index in [0.717, 1.165) is 5.56 Å². The van der Waals surface area contributed by atoms with E-state index in [4.69, 9.17) is 26.8 Å². The highest BCUT2D eigenvalue weighted by atomic mass is 32.1. The molecule has 0 aliphatic carbocycles. The molecule has 1 fully saturated rings. The number of carbonyl (C=O) groups excluding carboxylic acids is 2. The van der Waals surface area contributed by atoms with Gasteiger partial charge in [0, 0.05) is 0 Å². The number of methoxy groups -OCH3 is 1. The molecule has 8 nitrogen and oxygen atoms in total. The summed E-state index contributed by atoms with van der Waals surface area (Å²) in [5, 5.41) is 11.3. The van der Waals surface area contributed by atoms with Gasteiger partial charge in [0.25, 0.3) is 11.8 Å². The monoisotopic (exact) mass is 426 g/mol. The van der Waals surface area contributed by atoms with Gasteiger partial charge in [-0.05, 0) is 55.0 Å². The van der Waals surface area contributed by atoms with Crippen molar-refractivity contribution in [2.24, 2.45) is 0 Å². The van der Waals surface area contributed by atoms with Gasteiger partial charge in [-0.2, -0.15) is 0 Å². The number of hydrogen-bond acceptors (Lipinski definition) is 6. The molecule has 154 valence electrons. The number of amides is 2. The van der Waals surface area contributed by atoms with Crippen LogP contribution in [-0.4, -0.2) is 41.7 Å². The summed E-state index contributed by atoms with van der Waals surface area (Å²) in [4.78, 5) is 37.4. The first kappa shape index (κ1) is 21.0. The zero-order valence-corrected chi connectivity index (χ0v) is 17.0. The third kappa shape index (κ3) is 4.47. The van der Waals surface area contributed by atoms with Crippen LogP contribution >= 0.6 is 12.2 Å². The zero-order chi connectivity index (χ0) is 21.8. The molecule has 0 aromatic heterocycles. The number of rotatable bonds is 6. The number of nitrogens with one attached hydrogen (secondary N) is 1. The lowest BCUT2D eigenvalue weighted by Crippen LogP contribution is -2.54. The molecule has 0 spiro atoms. The molecular formula is C21H18N2O6S. The van der Waals surface area contributed by atoms with Crippen LogP contribution in [0.15, 0.2) is 48.0 Å². The summed E-state index contributed by atoms with van der Waals surface area (Å²) in [5.74, 6) is -1.81. The molecule has 30 heavy (non-hydrogen) atoms. The Hall–Kier alpha value is -3.72. The molecule has 1 heterocycles. The molecule has 2 N–H and O–H groups in total. The maximum atomic E-state index is 13.0. The molecule has 1 aliphatic heterocycles. The summed E-state index contributed by atoms with van der Waals surface area (Å²) in [7, 11) is 1.40. The third-order valence-electron chi connectivity index (χ3n) is 4.24. The van der Waals surface area contributed by atoms with E-state index in [1.165, 1.54) is 30.2 Å². The van der Waals surface area contributed by atoms with E-state index >= 15 is 0 Å². The van der Waals surface area contributed by atoms with Gasteiger partial charge in [0.15, 0.2) is 23.2 Å². The normalized spacial score (nSPS) is 15.2. The number of hydrogen-bond donors (Lipinski definition) is 2. The number of aryl methyl sites for hydroxylation is 1. The number of thiocarbonyl (C=S) groups is 1. The number of nitrogens with zero attached hydrogens (tertiary/aromatic N) is 1. The van der Waals surface area contributed by atoms with Crippen molar-refractivity contribution in [1.29, 1.82) is 0 Å². The Labute approximate surface area is 177 Å². The average Bonchev–Trinajstić information content (AvgIpc) is 2.71. The third-order valence-corrected chi connectivity index (χ3v) is 4.53. The van der Waals surface area contributed by atoms with Gasteiger partial charge >= 0.3 is 5.97 Å². The zero-order valence-electron chi connectivity index (χ0n) is 16.2. The van der Waals surface area contributed by atoms with Crippen LogP contribution in [0.5, 0.6) is 11.5 Å². The van der Waals surface area contributed by atoms with Crippen molar-refractivity contribution in [2.45, 2.75) is 6.92 Å². The minimum Gasteiger partial charge on any atom is -0.493 e. The molecule has 1 saturated heterocycles. The van der Waals surface area contributed by atoms with E-state index in [9.17, 15) is 14.4 Å². The Bertz CT molecular complexity index is 1060. The first-order valence-electron chi connectivity index (χ1n) is 8.81. The van der Waals surface area contributed by atoms with Gasteiger partial charge in [0.1, 0.15) is 5.57 Å². The fraction of sp³-hybridized carbons (Fsp3) is 0.143. The maximum Gasteiger partial charge on any atom is 0.341 e. The summed E-state index contributed by atoms with van der Waals surface area (Å²) < 4.78 is 10.4. The average molecular weight is 426 g/mol. The Morgan fingerprint density at radius 1 is 1.17 bits per heavy atom. The number of aliphatic carboxylic acids is 1. The molecule has 0 bridgehead atoms. The molecule has 2 aromatic rings. The van der Waals surface area contributed by atoms with Gasteiger partial charge in [-0.25, -0.2) is 4.79 Å². The van der Waals surface area contributed by atoms with Crippen LogP contribution in [0.4, 0.5) is 5.69 Å². The van der Waals surface area contributed by atoms with E-state index in [-0.39, 0.29) is 22.2 Å². The Balaban J connectivity index is 1.94. The minimum absolute atomic E-state index is 0.000928. The largest absolute Gasteiger partial charge is 0.493 e. The molecule has 0 saturated carbocycles. The second-order valence-corrected chi connectivity index (χ2v) is 6.77. The number of benzene rings is 2. The van der Waals surface area contributed by atoms with Gasteiger partial charge in [0.05, 0.1) is 12.8 Å². The predicted octanol–water partition coefficient (Wildman–Crippen LogP) is 2.30. The summed E-state index contributed by atoms with van der Waals surface area (Å²) in [5.41, 5.74) is 1.94. The summed E-state index contributed by atoms with van der Waals surface area (Å²) in [6, 6.07) is 11.8. The van der Waals surface area contributed by atoms with E-state index < -0.39 is 24.4 Å². The Kier molecular flexibility index (Phi) is 6.12. The van der Waals surface area contributed by atoms with Crippen molar-refractivity contribution in [1.82, 2.24) is 5.32 Å². The van der Waals surface area contributed by atoms with Crippen molar-refractivity contribution >= 4 is 46.9 Å². The van der Waals surface area contributed by atoms with Crippen molar-refractivity contribution in [3.05, 3.63) is 59.2 Å². The van der Waals surface area contributed by atoms with Gasteiger partial charge in [-0.15, -0.1) is 0 Å². The van der Waals surface area contributed by atoms with E-state index in [1.807, 2.05) is 19.1 Å². The Morgan fingerprint density at radius 2 is 1.87 bits per heavy atom. The lowest BCUT2D eigenvalue weighted by molar-refractivity contribution is -0.139. The first-order chi connectivity index (χ1) is 14.3. The maximum absolute atomic E-state index is 13.0. The summed E-state index contributed by atoms with van der Waals surface area (Å²) >= 11 is 5.18. The number of anilines is 1. The minimum atomic E-state index is -1.13. The van der Waals surface area contributed by atoms with Gasteiger partial charge < -0.3 is 14.6 Å². The van der Waals surface area contributed by atoms with Crippen LogP contribution in [0, 0.1) is 6.92 Å². The molecular weight excluding hydrogens is 408 g/mol.